The lowest BCUT2D eigenvalue weighted by Crippen LogP contribution is -2.40. The molecule has 0 aliphatic carbocycles. The number of aldehydes is 6. The molecular weight excluding hydrogens is 1630 g/mol. The van der Waals surface area contributed by atoms with E-state index in [1.807, 2.05) is 180 Å². The number of aromatic carboxylic acids is 1. The predicted molar refractivity (Wildman–Crippen MR) is 493 cm³/mol. The normalized spacial score (nSPS) is 11.4. The Labute approximate surface area is 730 Å². The number of carbonyl (C=O) groups is 8. The molecule has 0 atom stereocenters. The van der Waals surface area contributed by atoms with Gasteiger partial charge in [-0.1, -0.05) is 158 Å². The Balaban J connectivity index is 0.000000124. The molecule has 18 aromatic rings. The molecule has 4 heterocycles. The van der Waals surface area contributed by atoms with Gasteiger partial charge in [-0.25, -0.2) is 9.78 Å². The number of ether oxygens (including phenoxy) is 2. The summed E-state index contributed by atoms with van der Waals surface area (Å²) in [5.74, 6) is -0.452. The summed E-state index contributed by atoms with van der Waals surface area (Å²) in [6.07, 6.45) is 9.04. The fraction of sp³-hybridized carbons (Fsp3) is 0.0571. The average molecular weight is 1700 g/mol. The van der Waals surface area contributed by atoms with Gasteiger partial charge in [0.1, 0.15) is 34.5 Å². The first-order chi connectivity index (χ1) is 61.8. The van der Waals surface area contributed by atoms with Crippen molar-refractivity contribution in [1.29, 1.82) is 0 Å². The fourth-order valence-corrected chi connectivity index (χ4v) is 15.5. The summed E-state index contributed by atoms with van der Waals surface area (Å²) < 4.78 is 15.4. The maximum Gasteiger partial charge on any atom is 0.335 e. The standard InChI is InChI=1S/C22H19NO4.C18H12O4.C18H14O3.C17H13NO3.C15H10O3.C15H10O2S/c24-14-20-19-6-4-16(12-17(19)5-7-21(20)25)15-2-1-3-18(13-15)22(26)23-8-10-27-11-9-23;19-10-16-15-6-4-12(8-13(15)5-7-17(16)20)11-2-1-3-14(9-11)18(21)22;19-10-12-1-3-13(4-2-12)14-5-7-16-15(9-14)6-8-18(21)17(16)11-20;1-21-17-7-4-13(9-18-17)11-2-5-14-12(8-11)3-6-16(20)15(14)10-19;2*16-8-14-13-3-1-10(12-5-6-18-9-12)7-11(13)2-4-15(14)17/h1-7,12-14,25H,8-11H2;1-10,20H,(H,21,22);1-9,11,19,21H,10H2;2-10,20H,1H3;2*1-9,17H. The predicted octanol–water partition coefficient (Wildman–Crippen LogP) is 21.9. The third kappa shape index (κ3) is 19.7. The summed E-state index contributed by atoms with van der Waals surface area (Å²) >= 11 is 1.65. The van der Waals surface area contributed by atoms with Crippen molar-refractivity contribution in [3.05, 3.63) is 359 Å². The number of amides is 1. The maximum atomic E-state index is 12.7. The number of fused-ring (bicyclic) bond motifs is 6. The number of methoxy groups -OCH3 is 1. The van der Waals surface area contributed by atoms with E-state index in [0.29, 0.717) is 108 Å². The largest absolute Gasteiger partial charge is 0.507 e. The molecule has 22 heteroatoms. The molecule has 1 amide bonds. The van der Waals surface area contributed by atoms with Crippen LogP contribution in [0.2, 0.25) is 0 Å². The van der Waals surface area contributed by atoms with Crippen molar-refractivity contribution in [3.8, 4) is 107 Å². The van der Waals surface area contributed by atoms with Gasteiger partial charge in [-0.2, -0.15) is 11.3 Å². The molecule has 3 aromatic heterocycles. The van der Waals surface area contributed by atoms with Crippen molar-refractivity contribution in [2.45, 2.75) is 6.61 Å². The minimum Gasteiger partial charge on any atom is -0.507 e. The van der Waals surface area contributed by atoms with E-state index in [2.05, 4.69) is 16.4 Å². The highest BCUT2D eigenvalue weighted by molar-refractivity contribution is 7.08. The van der Waals surface area contributed by atoms with Gasteiger partial charge >= 0.3 is 5.97 Å². The number of hydrogen-bond donors (Lipinski definition) is 8. The van der Waals surface area contributed by atoms with Crippen molar-refractivity contribution in [2.24, 2.45) is 0 Å². The van der Waals surface area contributed by atoms with Crippen LogP contribution in [0.15, 0.2) is 313 Å². The molecule has 1 aliphatic heterocycles. The second kappa shape index (κ2) is 40.0. The smallest absolute Gasteiger partial charge is 0.335 e. The van der Waals surface area contributed by atoms with Crippen molar-refractivity contribution >= 4 is 126 Å². The van der Waals surface area contributed by atoms with E-state index in [-0.39, 0.29) is 63.7 Å². The van der Waals surface area contributed by atoms with Crippen LogP contribution in [0.1, 0.15) is 88.4 Å². The number of carboxylic acids is 1. The van der Waals surface area contributed by atoms with Gasteiger partial charge in [0, 0.05) is 42.0 Å². The molecule has 1 aliphatic rings. The van der Waals surface area contributed by atoms with Gasteiger partial charge in [0.15, 0.2) is 37.7 Å². The van der Waals surface area contributed by atoms with E-state index in [0.717, 1.165) is 121 Å². The molecule has 0 radical (unpaired) electrons. The number of furan rings is 1. The van der Waals surface area contributed by atoms with Crippen molar-refractivity contribution in [3.63, 3.8) is 0 Å². The van der Waals surface area contributed by atoms with Gasteiger partial charge in [-0.15, -0.1) is 0 Å². The lowest BCUT2D eigenvalue weighted by atomic mass is 9.97. The van der Waals surface area contributed by atoms with Gasteiger partial charge in [-0.05, 0) is 252 Å². The number of rotatable bonds is 16. The van der Waals surface area contributed by atoms with Crippen LogP contribution in [0.3, 0.4) is 0 Å². The number of carboxylic acid groups (broad SMARTS) is 1. The average Bonchev–Trinajstić information content (AvgIpc) is 1.53. The fourth-order valence-electron chi connectivity index (χ4n) is 14.8. The quantitative estimate of drug-likeness (QED) is 0.0417. The van der Waals surface area contributed by atoms with Crippen molar-refractivity contribution in [1.82, 2.24) is 9.88 Å². The van der Waals surface area contributed by atoms with Crippen LogP contribution in [0.4, 0.5) is 0 Å². The van der Waals surface area contributed by atoms with Crippen molar-refractivity contribution in [2.75, 3.05) is 33.4 Å². The van der Waals surface area contributed by atoms with Crippen LogP contribution in [-0.2, 0) is 11.3 Å². The number of aromatic nitrogens is 1. The Morgan fingerprint density at radius 1 is 0.378 bits per heavy atom. The lowest BCUT2D eigenvalue weighted by Gasteiger charge is -2.27. The minimum absolute atomic E-state index is 0.00227. The zero-order valence-corrected chi connectivity index (χ0v) is 68.6. The van der Waals surface area contributed by atoms with Crippen LogP contribution in [-0.4, -0.2) is 134 Å². The third-order valence-corrected chi connectivity index (χ3v) is 22.3. The molecule has 0 saturated carbocycles. The summed E-state index contributed by atoms with van der Waals surface area (Å²) in [4.78, 5) is 96.3. The Bertz CT molecular complexity index is 6900. The number of pyridine rings is 1. The molecule has 0 unspecified atom stereocenters. The highest BCUT2D eigenvalue weighted by Crippen LogP contribution is 2.38. The van der Waals surface area contributed by atoms with Crippen LogP contribution >= 0.6 is 11.3 Å². The number of phenolic OH excluding ortho intramolecular Hbond substituents is 6. The molecule has 628 valence electrons. The number of carbonyl (C=O) groups excluding carboxylic acids is 7. The molecular formula is C105H78N2O19S. The lowest BCUT2D eigenvalue weighted by molar-refractivity contribution is 0.0303. The van der Waals surface area contributed by atoms with Crippen molar-refractivity contribution < 1.29 is 93.1 Å². The minimum atomic E-state index is -0.976. The van der Waals surface area contributed by atoms with Gasteiger partial charge in [0.2, 0.25) is 5.88 Å². The van der Waals surface area contributed by atoms with E-state index in [4.69, 9.17) is 24.1 Å². The van der Waals surface area contributed by atoms with Gasteiger partial charge in [0.05, 0.1) is 78.4 Å². The number of aliphatic hydroxyl groups excluding tert-OH is 1. The zero-order valence-electron chi connectivity index (χ0n) is 67.8. The van der Waals surface area contributed by atoms with E-state index >= 15 is 0 Å². The summed E-state index contributed by atoms with van der Waals surface area (Å²) in [6, 6.07) is 83.5. The summed E-state index contributed by atoms with van der Waals surface area (Å²) in [5.41, 5.74) is 15.4. The third-order valence-electron chi connectivity index (χ3n) is 21.6. The number of benzene rings is 15. The van der Waals surface area contributed by atoms with Gasteiger partial charge < -0.3 is 59.6 Å². The number of nitrogens with zero attached hydrogens (tertiary/aromatic N) is 2. The topological polar surface area (TPSA) is 346 Å². The summed E-state index contributed by atoms with van der Waals surface area (Å²) in [5, 5.41) is 90.1. The number of thiophene rings is 1. The first-order valence-electron chi connectivity index (χ1n) is 39.6. The van der Waals surface area contributed by atoms with Crippen LogP contribution in [0.25, 0.3) is 131 Å². The first kappa shape index (κ1) is 86.8. The van der Waals surface area contributed by atoms with E-state index in [1.165, 1.54) is 42.0 Å². The zero-order chi connectivity index (χ0) is 89.2. The maximum absolute atomic E-state index is 12.7. The molecule has 21 nitrogen and oxygen atoms in total. The Hall–Kier alpha value is -16.5. The van der Waals surface area contributed by atoms with E-state index < -0.39 is 5.97 Å². The van der Waals surface area contributed by atoms with Crippen LogP contribution in [0.5, 0.6) is 40.4 Å². The summed E-state index contributed by atoms with van der Waals surface area (Å²) in [6.45, 7) is 2.39. The number of aromatic hydroxyl groups is 6. The van der Waals surface area contributed by atoms with Gasteiger partial charge in [-0.3, -0.25) is 33.6 Å². The molecule has 0 bridgehead atoms. The number of phenols is 6. The van der Waals surface area contributed by atoms with Gasteiger partial charge in [0.25, 0.3) is 5.91 Å². The second-order valence-electron chi connectivity index (χ2n) is 29.2. The first-order valence-corrected chi connectivity index (χ1v) is 40.6. The Morgan fingerprint density at radius 2 is 0.717 bits per heavy atom. The summed E-state index contributed by atoms with van der Waals surface area (Å²) in [7, 11) is 1.57. The van der Waals surface area contributed by atoms with E-state index in [1.54, 1.807) is 104 Å². The highest BCUT2D eigenvalue weighted by atomic mass is 32.1. The molecule has 15 aromatic carbocycles. The van der Waals surface area contributed by atoms with E-state index in [9.17, 15) is 69.0 Å². The molecule has 1 fully saturated rings. The number of aliphatic hydroxyl groups is 1. The van der Waals surface area contributed by atoms with Crippen LogP contribution < -0.4 is 4.74 Å². The molecule has 19 rings (SSSR count). The molecule has 1 saturated heterocycles. The SMILES string of the molecule is COc1ccc(-c2ccc3c(C=O)c(O)ccc3c2)cn1.O=Cc1c(O)ccc2cc(-c3ccc(CO)cc3)ccc12.O=Cc1c(O)ccc2cc(-c3cccc(C(=O)N4CCOCC4)c3)ccc12.O=Cc1c(O)ccc2cc(-c3cccc(C(=O)O)c3)ccc12.O=Cc1c(O)ccc2cc(-c3ccoc3)ccc12.O=Cc1c(O)ccc2cc(-c3ccsc3)ccc12. The monoisotopic (exact) mass is 1700 g/mol. The molecule has 0 spiro atoms. The molecule has 8 N–H and O–H groups in total. The van der Waals surface area contributed by atoms with Crippen LogP contribution in [0, 0.1) is 0 Å². The highest BCUT2D eigenvalue weighted by Gasteiger charge is 2.21. The number of hydrogen-bond acceptors (Lipinski definition) is 20. The molecule has 127 heavy (non-hydrogen) atoms. The second-order valence-corrected chi connectivity index (χ2v) is 29.9. The number of morpholine rings is 1. The Kier molecular flexibility index (Phi) is 27.3. The Morgan fingerprint density at radius 3 is 1.05 bits per heavy atom.